The van der Waals surface area contributed by atoms with Crippen LogP contribution in [-0.2, 0) is 16.0 Å². The van der Waals surface area contributed by atoms with Gasteiger partial charge >= 0.3 is 0 Å². The molecular formula is C21H31N3O2. The van der Waals surface area contributed by atoms with Gasteiger partial charge in [-0.15, -0.1) is 0 Å². The number of piperidine rings is 1. The van der Waals surface area contributed by atoms with Crippen molar-refractivity contribution in [2.24, 2.45) is 0 Å². The van der Waals surface area contributed by atoms with Crippen molar-refractivity contribution < 1.29 is 9.59 Å². The first-order valence-electron chi connectivity index (χ1n) is 9.95. The van der Waals surface area contributed by atoms with Gasteiger partial charge in [-0.1, -0.05) is 31.2 Å². The zero-order valence-corrected chi connectivity index (χ0v) is 16.0. The van der Waals surface area contributed by atoms with Gasteiger partial charge in [-0.3, -0.25) is 9.59 Å². The summed E-state index contributed by atoms with van der Waals surface area (Å²) in [6.07, 6.45) is 4.43. The molecule has 1 fully saturated rings. The van der Waals surface area contributed by atoms with E-state index in [2.05, 4.69) is 29.3 Å². The van der Waals surface area contributed by atoms with E-state index in [1.165, 1.54) is 12.0 Å². The zero-order valence-electron chi connectivity index (χ0n) is 16.0. The van der Waals surface area contributed by atoms with Gasteiger partial charge in [-0.25, -0.2) is 0 Å². The molecular weight excluding hydrogens is 326 g/mol. The number of carbonyl (C=O) groups is 2. The number of amides is 2. The molecule has 2 aliphatic heterocycles. The van der Waals surface area contributed by atoms with E-state index < -0.39 is 0 Å². The maximum atomic E-state index is 12.7. The minimum absolute atomic E-state index is 0.0465. The van der Waals surface area contributed by atoms with Crippen LogP contribution in [0.5, 0.6) is 0 Å². The first-order chi connectivity index (χ1) is 12.6. The summed E-state index contributed by atoms with van der Waals surface area (Å²) in [4.78, 5) is 29.1. The summed E-state index contributed by atoms with van der Waals surface area (Å²) in [6, 6.07) is 8.32. The minimum atomic E-state index is -0.141. The Morgan fingerprint density at radius 2 is 1.88 bits per heavy atom. The molecule has 142 valence electrons. The molecule has 0 aliphatic carbocycles. The monoisotopic (exact) mass is 357 g/mol. The van der Waals surface area contributed by atoms with Crippen molar-refractivity contribution in [3.05, 3.63) is 35.4 Å². The highest BCUT2D eigenvalue weighted by atomic mass is 16.2. The molecule has 1 aromatic carbocycles. The highest BCUT2D eigenvalue weighted by Crippen LogP contribution is 2.32. The van der Waals surface area contributed by atoms with Crippen LogP contribution in [0.15, 0.2) is 24.3 Å². The molecule has 1 aromatic rings. The summed E-state index contributed by atoms with van der Waals surface area (Å²) >= 11 is 0. The Hall–Kier alpha value is -1.88. The van der Waals surface area contributed by atoms with Gasteiger partial charge in [-0.2, -0.15) is 0 Å². The van der Waals surface area contributed by atoms with Crippen LogP contribution in [0.4, 0.5) is 0 Å². The van der Waals surface area contributed by atoms with E-state index in [0.29, 0.717) is 13.0 Å². The molecule has 1 N–H and O–H groups in total. The van der Waals surface area contributed by atoms with Crippen LogP contribution in [0.25, 0.3) is 0 Å². The van der Waals surface area contributed by atoms with Crippen LogP contribution >= 0.6 is 0 Å². The highest BCUT2D eigenvalue weighted by Gasteiger charge is 2.31. The van der Waals surface area contributed by atoms with Crippen LogP contribution in [0.3, 0.4) is 0 Å². The minimum Gasteiger partial charge on any atom is -0.353 e. The topological polar surface area (TPSA) is 52.7 Å². The summed E-state index contributed by atoms with van der Waals surface area (Å²) < 4.78 is 0. The second kappa shape index (κ2) is 8.67. The van der Waals surface area contributed by atoms with Crippen molar-refractivity contribution in [2.45, 2.75) is 58.0 Å². The third-order valence-electron chi connectivity index (χ3n) is 5.69. The van der Waals surface area contributed by atoms with Gasteiger partial charge in [0.1, 0.15) is 0 Å². The van der Waals surface area contributed by atoms with Crippen molar-refractivity contribution in [1.82, 2.24) is 15.1 Å². The van der Waals surface area contributed by atoms with Gasteiger partial charge in [-0.05, 0) is 43.4 Å². The molecule has 1 saturated heterocycles. The Kier molecular flexibility index (Phi) is 6.30. The fourth-order valence-electron chi connectivity index (χ4n) is 4.33. The lowest BCUT2D eigenvalue weighted by Gasteiger charge is -2.37. The largest absolute Gasteiger partial charge is 0.353 e. The Bertz CT molecular complexity index is 638. The first-order valence-corrected chi connectivity index (χ1v) is 9.95. The fourth-order valence-corrected chi connectivity index (χ4v) is 4.33. The van der Waals surface area contributed by atoms with E-state index in [1.54, 1.807) is 6.92 Å². The highest BCUT2D eigenvalue weighted by molar-refractivity contribution is 5.80. The van der Waals surface area contributed by atoms with Crippen molar-refractivity contribution in [2.75, 3.05) is 26.2 Å². The molecule has 1 unspecified atom stereocenters. The smallest absolute Gasteiger partial charge is 0.222 e. The van der Waals surface area contributed by atoms with Crippen molar-refractivity contribution in [3.63, 3.8) is 0 Å². The van der Waals surface area contributed by atoms with Gasteiger partial charge < -0.3 is 15.1 Å². The maximum absolute atomic E-state index is 12.7. The van der Waals surface area contributed by atoms with E-state index in [9.17, 15) is 9.59 Å². The van der Waals surface area contributed by atoms with E-state index in [4.69, 9.17) is 0 Å². The molecule has 5 heteroatoms. The number of nitrogens with one attached hydrogen (secondary N) is 1. The summed E-state index contributed by atoms with van der Waals surface area (Å²) in [6.45, 7) is 7.76. The van der Waals surface area contributed by atoms with Gasteiger partial charge in [0, 0.05) is 32.6 Å². The maximum Gasteiger partial charge on any atom is 0.222 e. The lowest BCUT2D eigenvalue weighted by molar-refractivity contribution is -0.133. The van der Waals surface area contributed by atoms with Gasteiger partial charge in [0.05, 0.1) is 12.5 Å². The van der Waals surface area contributed by atoms with E-state index in [-0.39, 0.29) is 23.9 Å². The quantitative estimate of drug-likeness (QED) is 0.881. The van der Waals surface area contributed by atoms with E-state index >= 15 is 0 Å². The Labute approximate surface area is 156 Å². The van der Waals surface area contributed by atoms with Crippen LogP contribution in [-0.4, -0.2) is 53.8 Å². The fraction of sp³-hybridized carbons (Fsp3) is 0.619. The number of fused-ring (bicyclic) bond motifs is 1. The van der Waals surface area contributed by atoms with Crippen molar-refractivity contribution in [1.29, 1.82) is 0 Å². The van der Waals surface area contributed by atoms with Crippen LogP contribution < -0.4 is 5.32 Å². The number of hydrogen-bond acceptors (Lipinski definition) is 3. The predicted molar refractivity (Wildman–Crippen MR) is 103 cm³/mol. The molecule has 0 radical (unpaired) electrons. The number of hydrogen-bond donors (Lipinski definition) is 1. The summed E-state index contributed by atoms with van der Waals surface area (Å²) in [5, 5.41) is 3.22. The van der Waals surface area contributed by atoms with Crippen LogP contribution in [0, 0.1) is 0 Å². The lowest BCUT2D eigenvalue weighted by atomic mass is 9.90. The third kappa shape index (κ3) is 4.44. The molecule has 1 atom stereocenters. The molecule has 2 heterocycles. The van der Waals surface area contributed by atoms with E-state index in [1.807, 2.05) is 17.0 Å². The Morgan fingerprint density at radius 1 is 1.15 bits per heavy atom. The molecule has 0 spiro atoms. The normalized spacial score (nSPS) is 21.3. The average molecular weight is 357 g/mol. The SMILES string of the molecule is CCCN1CCC(NC(=O)CC2c3ccccc3CCN2C(C)=O)CC1. The van der Waals surface area contributed by atoms with Gasteiger partial charge in [0.2, 0.25) is 11.8 Å². The number of nitrogens with zero attached hydrogens (tertiary/aromatic N) is 2. The van der Waals surface area contributed by atoms with Gasteiger partial charge in [0.15, 0.2) is 0 Å². The molecule has 3 rings (SSSR count). The summed E-state index contributed by atoms with van der Waals surface area (Å²) in [5.41, 5.74) is 2.39. The number of rotatable bonds is 5. The van der Waals surface area contributed by atoms with Gasteiger partial charge in [0.25, 0.3) is 0 Å². The number of likely N-dealkylation sites (tertiary alicyclic amines) is 1. The predicted octanol–water partition coefficient (Wildman–Crippen LogP) is 2.51. The van der Waals surface area contributed by atoms with Crippen molar-refractivity contribution >= 4 is 11.8 Å². The Balaban J connectivity index is 1.61. The second-order valence-electron chi connectivity index (χ2n) is 7.56. The molecule has 0 aromatic heterocycles. The number of benzene rings is 1. The average Bonchev–Trinajstić information content (AvgIpc) is 2.63. The summed E-state index contributed by atoms with van der Waals surface area (Å²) in [7, 11) is 0. The molecule has 2 aliphatic rings. The molecule has 0 bridgehead atoms. The third-order valence-corrected chi connectivity index (χ3v) is 5.69. The molecule has 5 nitrogen and oxygen atoms in total. The first kappa shape index (κ1) is 18.9. The second-order valence-corrected chi connectivity index (χ2v) is 7.56. The lowest BCUT2D eigenvalue weighted by Crippen LogP contribution is -2.46. The standard InChI is InChI=1S/C21H31N3O2/c1-3-11-23-12-9-18(10-13-23)22-21(26)15-20-19-7-5-4-6-17(19)8-14-24(20)16(2)25/h4-7,18,20H,3,8-15H2,1-2H3,(H,22,26). The van der Waals surface area contributed by atoms with Crippen molar-refractivity contribution in [3.8, 4) is 0 Å². The molecule has 26 heavy (non-hydrogen) atoms. The summed E-state index contributed by atoms with van der Waals surface area (Å²) in [5.74, 6) is 0.108. The Morgan fingerprint density at radius 3 is 2.58 bits per heavy atom. The van der Waals surface area contributed by atoms with E-state index in [0.717, 1.165) is 44.5 Å². The zero-order chi connectivity index (χ0) is 18.5. The molecule has 0 saturated carbocycles. The number of carbonyl (C=O) groups excluding carboxylic acids is 2. The molecule has 2 amide bonds. The van der Waals surface area contributed by atoms with Crippen LogP contribution in [0.1, 0.15) is 56.7 Å². The van der Waals surface area contributed by atoms with Crippen LogP contribution in [0.2, 0.25) is 0 Å².